The highest BCUT2D eigenvalue weighted by molar-refractivity contribution is 6.02. The molecule has 0 aliphatic rings. The van der Waals surface area contributed by atoms with Crippen LogP contribution >= 0.6 is 0 Å². The highest BCUT2D eigenvalue weighted by Gasteiger charge is 2.05. The van der Waals surface area contributed by atoms with Gasteiger partial charge >= 0.3 is 0 Å². The molecule has 0 heterocycles. The van der Waals surface area contributed by atoms with E-state index in [4.69, 9.17) is 0 Å². The summed E-state index contributed by atoms with van der Waals surface area (Å²) in [7, 11) is 1.87. The Balaban J connectivity index is 4.71. The molecule has 0 N–H and O–H groups in total. The Morgan fingerprint density at radius 2 is 1.46 bits per heavy atom. The minimum absolute atomic E-state index is 1.12. The zero-order valence-corrected chi connectivity index (χ0v) is 17.5. The number of hydrogen-bond donors (Lipinski definition) is 0. The zero-order valence-electron chi connectivity index (χ0n) is 17.5. The molecule has 0 aliphatic heterocycles. The van der Waals surface area contributed by atoms with Crippen molar-refractivity contribution in [2.45, 2.75) is 74.1 Å². The molecule has 0 atom stereocenters. The van der Waals surface area contributed by atoms with Crippen LogP contribution in [0.25, 0.3) is 0 Å². The van der Waals surface area contributed by atoms with Gasteiger partial charge in [0.05, 0.1) is 0 Å². The van der Waals surface area contributed by atoms with E-state index < -0.39 is 0 Å². The Morgan fingerprint density at radius 1 is 0.875 bits per heavy atom. The van der Waals surface area contributed by atoms with Crippen molar-refractivity contribution in [1.82, 2.24) is 4.90 Å². The third kappa shape index (κ3) is 9.22. The van der Waals surface area contributed by atoms with Crippen molar-refractivity contribution in [2.24, 2.45) is 4.99 Å². The Morgan fingerprint density at radius 3 is 1.92 bits per heavy atom. The molecule has 0 radical (unpaired) electrons. The van der Waals surface area contributed by atoms with E-state index >= 15 is 0 Å². The maximum absolute atomic E-state index is 4.35. The Labute approximate surface area is 151 Å². The molecule has 24 heavy (non-hydrogen) atoms. The number of allylic oxidation sites excluding steroid dienone is 6. The molecule has 0 aromatic heterocycles. The molecule has 0 aromatic rings. The molecule has 0 aromatic carbocycles. The van der Waals surface area contributed by atoms with Crippen molar-refractivity contribution in [1.29, 1.82) is 0 Å². The van der Waals surface area contributed by atoms with Crippen LogP contribution in [0, 0.1) is 0 Å². The highest BCUT2D eigenvalue weighted by atomic mass is 15.1. The molecule has 0 aliphatic carbocycles. The average Bonchev–Trinajstić information content (AvgIpc) is 2.52. The molecule has 0 saturated heterocycles. The second kappa shape index (κ2) is 13.2. The van der Waals surface area contributed by atoms with Crippen LogP contribution in [-0.2, 0) is 0 Å². The van der Waals surface area contributed by atoms with Crippen molar-refractivity contribution in [3.8, 4) is 0 Å². The number of nitrogens with zero attached hydrogens (tertiary/aromatic N) is 2. The van der Waals surface area contributed by atoms with Gasteiger partial charge in [0.1, 0.15) is 0 Å². The number of aliphatic imine (C=N–C) groups is 1. The van der Waals surface area contributed by atoms with Gasteiger partial charge < -0.3 is 4.90 Å². The van der Waals surface area contributed by atoms with Crippen molar-refractivity contribution < 1.29 is 0 Å². The summed E-state index contributed by atoms with van der Waals surface area (Å²) in [5, 5.41) is 0. The Bertz CT molecular complexity index is 468. The Kier molecular flexibility index (Phi) is 12.5. The molecule has 0 rings (SSSR count). The normalized spacial score (nSPS) is 13.6. The third-order valence-corrected chi connectivity index (χ3v) is 4.33. The molecule has 0 spiro atoms. The molecule has 0 unspecified atom stereocenters. The first-order valence-corrected chi connectivity index (χ1v) is 9.55. The van der Waals surface area contributed by atoms with Crippen LogP contribution in [0.5, 0.6) is 0 Å². The van der Waals surface area contributed by atoms with Crippen LogP contribution in [0.15, 0.2) is 39.4 Å². The van der Waals surface area contributed by atoms with E-state index in [2.05, 4.69) is 70.5 Å². The molecular formula is C22H40N2. The van der Waals surface area contributed by atoms with Crippen LogP contribution in [0.3, 0.4) is 0 Å². The van der Waals surface area contributed by atoms with Gasteiger partial charge in [-0.25, -0.2) is 0 Å². The predicted molar refractivity (Wildman–Crippen MR) is 111 cm³/mol. The first-order valence-electron chi connectivity index (χ1n) is 9.55. The number of rotatable bonds is 11. The molecule has 138 valence electrons. The van der Waals surface area contributed by atoms with Crippen molar-refractivity contribution in [2.75, 3.05) is 26.7 Å². The van der Waals surface area contributed by atoms with Crippen molar-refractivity contribution in [3.05, 3.63) is 34.4 Å². The quantitative estimate of drug-likeness (QED) is 0.324. The van der Waals surface area contributed by atoms with Gasteiger partial charge in [-0.2, -0.15) is 0 Å². The summed E-state index contributed by atoms with van der Waals surface area (Å²) in [4.78, 5) is 6.95. The van der Waals surface area contributed by atoms with Gasteiger partial charge in [-0.05, 0) is 91.1 Å². The fraction of sp³-hybridized carbons (Fsp3) is 0.682. The minimum atomic E-state index is 1.12. The zero-order chi connectivity index (χ0) is 18.5. The van der Waals surface area contributed by atoms with E-state index in [-0.39, 0.29) is 0 Å². The van der Waals surface area contributed by atoms with E-state index in [0.29, 0.717) is 0 Å². The molecule has 2 nitrogen and oxygen atoms in total. The van der Waals surface area contributed by atoms with Crippen LogP contribution in [-0.4, -0.2) is 37.3 Å². The summed E-state index contributed by atoms with van der Waals surface area (Å²) in [6.07, 6.45) is 9.47. The van der Waals surface area contributed by atoms with Gasteiger partial charge in [0.15, 0.2) is 0 Å². The van der Waals surface area contributed by atoms with Crippen LogP contribution in [0.4, 0.5) is 0 Å². The molecule has 0 saturated carbocycles. The van der Waals surface area contributed by atoms with Crippen molar-refractivity contribution >= 4 is 5.71 Å². The topological polar surface area (TPSA) is 15.6 Å². The summed E-state index contributed by atoms with van der Waals surface area (Å²) >= 11 is 0. The van der Waals surface area contributed by atoms with Gasteiger partial charge in [0, 0.05) is 12.8 Å². The smallest absolute Gasteiger partial charge is 0.0388 e. The summed E-state index contributed by atoms with van der Waals surface area (Å²) in [6.45, 7) is 19.1. The minimum Gasteiger partial charge on any atom is -0.303 e. The first-order chi connectivity index (χ1) is 11.4. The second-order valence-electron chi connectivity index (χ2n) is 6.99. The summed E-state index contributed by atoms with van der Waals surface area (Å²) in [5.41, 5.74) is 6.49. The maximum Gasteiger partial charge on any atom is 0.0388 e. The molecular weight excluding hydrogens is 292 g/mol. The monoisotopic (exact) mass is 332 g/mol. The van der Waals surface area contributed by atoms with E-state index in [1.54, 1.807) is 0 Å². The standard InChI is InChI=1S/C22H40N2/c1-9-15-24(16-10-2)17-11-12-19(5)13-14-20(6)22(18(3)4)21(7)23-8/h13-14H,9-12,15-17H2,1-8H3/b19-13+,20-14+,23-21?. The summed E-state index contributed by atoms with van der Waals surface area (Å²) in [5.74, 6) is 0. The van der Waals surface area contributed by atoms with Gasteiger partial charge in [0.25, 0.3) is 0 Å². The molecule has 0 bridgehead atoms. The van der Waals surface area contributed by atoms with Gasteiger partial charge in [-0.3, -0.25) is 4.99 Å². The Hall–Kier alpha value is -1.15. The van der Waals surface area contributed by atoms with Gasteiger partial charge in [-0.1, -0.05) is 37.1 Å². The summed E-state index contributed by atoms with van der Waals surface area (Å²) in [6, 6.07) is 0. The average molecular weight is 333 g/mol. The summed E-state index contributed by atoms with van der Waals surface area (Å²) < 4.78 is 0. The molecule has 0 fully saturated rings. The van der Waals surface area contributed by atoms with E-state index in [0.717, 1.165) is 5.71 Å². The lowest BCUT2D eigenvalue weighted by atomic mass is 9.97. The molecule has 0 amide bonds. The van der Waals surface area contributed by atoms with E-state index in [1.165, 1.54) is 67.6 Å². The fourth-order valence-corrected chi connectivity index (χ4v) is 3.14. The molecule has 2 heteroatoms. The largest absolute Gasteiger partial charge is 0.303 e. The van der Waals surface area contributed by atoms with Crippen LogP contribution in [0.1, 0.15) is 74.1 Å². The third-order valence-electron chi connectivity index (χ3n) is 4.33. The maximum atomic E-state index is 4.35. The van der Waals surface area contributed by atoms with Crippen LogP contribution in [0.2, 0.25) is 0 Å². The predicted octanol–water partition coefficient (Wildman–Crippen LogP) is 6.21. The van der Waals surface area contributed by atoms with Crippen molar-refractivity contribution in [3.63, 3.8) is 0 Å². The SMILES string of the molecule is CCCN(CCC)CCC/C(C)=C/C=C(\C)C(C(C)=NC)=C(C)C. The van der Waals surface area contributed by atoms with Crippen LogP contribution < -0.4 is 0 Å². The van der Waals surface area contributed by atoms with E-state index in [1.807, 2.05) is 7.05 Å². The lowest BCUT2D eigenvalue weighted by Gasteiger charge is -2.20. The number of hydrogen-bond acceptors (Lipinski definition) is 2. The first kappa shape index (κ1) is 22.9. The second-order valence-corrected chi connectivity index (χ2v) is 6.99. The highest BCUT2D eigenvalue weighted by Crippen LogP contribution is 2.17. The van der Waals surface area contributed by atoms with Gasteiger partial charge in [0.2, 0.25) is 0 Å². The van der Waals surface area contributed by atoms with E-state index in [9.17, 15) is 0 Å². The fourth-order valence-electron chi connectivity index (χ4n) is 3.14. The van der Waals surface area contributed by atoms with Gasteiger partial charge in [-0.15, -0.1) is 0 Å². The lowest BCUT2D eigenvalue weighted by Crippen LogP contribution is -2.26. The lowest BCUT2D eigenvalue weighted by molar-refractivity contribution is 0.271.